The smallest absolute Gasteiger partial charge is 0.275 e. The molecule has 138 valence electrons. The minimum atomic E-state index is -4.94. The molecule has 10 heteroatoms. The van der Waals surface area contributed by atoms with Crippen LogP contribution in [0.4, 0.5) is 23.2 Å². The Kier molecular flexibility index (Phi) is 5.63. The Morgan fingerprint density at radius 2 is 1.85 bits per heavy atom. The van der Waals surface area contributed by atoms with Crippen molar-refractivity contribution in [3.05, 3.63) is 65.5 Å². The van der Waals surface area contributed by atoms with Crippen LogP contribution in [0.15, 0.2) is 47.6 Å². The summed E-state index contributed by atoms with van der Waals surface area (Å²) < 4.78 is 79.9. The van der Waals surface area contributed by atoms with Crippen LogP contribution in [0.1, 0.15) is 18.5 Å². The van der Waals surface area contributed by atoms with E-state index in [0.29, 0.717) is 0 Å². The summed E-state index contributed by atoms with van der Waals surface area (Å²) in [6, 6.07) is 1.88. The fourth-order valence-corrected chi connectivity index (χ4v) is 3.99. The van der Waals surface area contributed by atoms with Gasteiger partial charge in [-0.3, -0.25) is 4.98 Å². The molecular weight excluding hydrogens is 374 g/mol. The standard InChI is InChI=1S/C16H13F4N3O2S/c1-3-23(26(24,25)14-8-13(21-2)9-22-10-14)15(16(18,19)20)11-4-6-12(17)7-5-11/h4-10,15H,3H2,1H3. The molecule has 2 aromatic rings. The van der Waals surface area contributed by atoms with Gasteiger partial charge >= 0.3 is 6.18 Å². The second kappa shape index (κ2) is 7.39. The lowest BCUT2D eigenvalue weighted by Crippen LogP contribution is -2.42. The van der Waals surface area contributed by atoms with Gasteiger partial charge in [-0.25, -0.2) is 17.7 Å². The molecule has 1 aromatic heterocycles. The summed E-state index contributed by atoms with van der Waals surface area (Å²) in [6.45, 7) is 7.66. The Morgan fingerprint density at radius 3 is 2.35 bits per heavy atom. The lowest BCUT2D eigenvalue weighted by molar-refractivity contribution is -0.173. The summed E-state index contributed by atoms with van der Waals surface area (Å²) in [4.78, 5) is 6.10. The van der Waals surface area contributed by atoms with Crippen molar-refractivity contribution in [3.63, 3.8) is 0 Å². The Balaban J connectivity index is 2.60. The predicted molar refractivity (Wildman–Crippen MR) is 85.3 cm³/mol. The van der Waals surface area contributed by atoms with Crippen molar-refractivity contribution in [2.75, 3.05) is 6.54 Å². The van der Waals surface area contributed by atoms with E-state index in [0.717, 1.165) is 42.7 Å². The molecule has 26 heavy (non-hydrogen) atoms. The predicted octanol–water partition coefficient (Wildman–Crippen LogP) is 4.09. The molecule has 1 unspecified atom stereocenters. The Morgan fingerprint density at radius 1 is 1.23 bits per heavy atom. The van der Waals surface area contributed by atoms with Gasteiger partial charge in [-0.15, -0.1) is 0 Å². The summed E-state index contributed by atoms with van der Waals surface area (Å²) in [5.74, 6) is -0.741. The van der Waals surface area contributed by atoms with Crippen molar-refractivity contribution < 1.29 is 26.0 Å². The first-order valence-corrected chi connectivity index (χ1v) is 8.71. The molecular formula is C16H13F4N3O2S. The number of hydrogen-bond acceptors (Lipinski definition) is 3. The van der Waals surface area contributed by atoms with Crippen LogP contribution in [0.3, 0.4) is 0 Å². The van der Waals surface area contributed by atoms with Crippen molar-refractivity contribution in [3.8, 4) is 0 Å². The first-order chi connectivity index (χ1) is 12.1. The number of alkyl halides is 3. The molecule has 0 spiro atoms. The largest absolute Gasteiger partial charge is 0.409 e. The molecule has 2 rings (SSSR count). The lowest BCUT2D eigenvalue weighted by atomic mass is 10.1. The number of sulfonamides is 1. The Labute approximate surface area is 147 Å². The molecule has 0 amide bonds. The van der Waals surface area contributed by atoms with Crippen LogP contribution in [0.5, 0.6) is 0 Å². The number of nitrogens with zero attached hydrogens (tertiary/aromatic N) is 3. The molecule has 0 aliphatic rings. The molecule has 0 aliphatic carbocycles. The molecule has 0 bridgehead atoms. The zero-order valence-electron chi connectivity index (χ0n) is 13.4. The van der Waals surface area contributed by atoms with E-state index < -0.39 is 45.1 Å². The summed E-state index contributed by atoms with van der Waals surface area (Å²) in [5.41, 5.74) is -0.536. The van der Waals surface area contributed by atoms with E-state index in [1.165, 1.54) is 6.92 Å². The second-order valence-corrected chi connectivity index (χ2v) is 7.09. The third-order valence-electron chi connectivity index (χ3n) is 3.53. The summed E-state index contributed by atoms with van der Waals surface area (Å²) in [7, 11) is -4.61. The van der Waals surface area contributed by atoms with Crippen molar-refractivity contribution in [2.45, 2.75) is 24.0 Å². The van der Waals surface area contributed by atoms with E-state index in [1.54, 1.807) is 0 Å². The van der Waals surface area contributed by atoms with Crippen LogP contribution >= 0.6 is 0 Å². The molecule has 1 aromatic carbocycles. The third-order valence-corrected chi connectivity index (χ3v) is 5.44. The van der Waals surface area contributed by atoms with Gasteiger partial charge in [0.15, 0.2) is 0 Å². The number of rotatable bonds is 5. The first-order valence-electron chi connectivity index (χ1n) is 7.27. The van der Waals surface area contributed by atoms with Gasteiger partial charge in [-0.2, -0.15) is 17.5 Å². The highest BCUT2D eigenvalue weighted by atomic mass is 32.2. The van der Waals surface area contributed by atoms with Gasteiger partial charge in [0.2, 0.25) is 15.7 Å². The van der Waals surface area contributed by atoms with Gasteiger partial charge in [-0.05, 0) is 23.8 Å². The molecule has 0 saturated carbocycles. The highest BCUT2D eigenvalue weighted by Gasteiger charge is 2.48. The van der Waals surface area contributed by atoms with Crippen molar-refractivity contribution in [1.29, 1.82) is 0 Å². The number of benzene rings is 1. The lowest BCUT2D eigenvalue weighted by Gasteiger charge is -2.31. The van der Waals surface area contributed by atoms with Crippen molar-refractivity contribution >= 4 is 15.7 Å². The Bertz CT molecular complexity index is 922. The maximum absolute atomic E-state index is 13.7. The van der Waals surface area contributed by atoms with Crippen LogP contribution in [0, 0.1) is 12.4 Å². The maximum Gasteiger partial charge on any atom is 0.409 e. The highest BCUT2D eigenvalue weighted by molar-refractivity contribution is 7.89. The van der Waals surface area contributed by atoms with E-state index in [9.17, 15) is 26.0 Å². The normalized spacial score (nSPS) is 13.4. The van der Waals surface area contributed by atoms with Gasteiger partial charge in [0.05, 0.1) is 11.5 Å². The van der Waals surface area contributed by atoms with Gasteiger partial charge in [-0.1, -0.05) is 19.1 Å². The summed E-state index contributed by atoms with van der Waals surface area (Å²) >= 11 is 0. The average Bonchev–Trinajstić information content (AvgIpc) is 2.59. The summed E-state index contributed by atoms with van der Waals surface area (Å²) in [5, 5.41) is 0. The summed E-state index contributed by atoms with van der Waals surface area (Å²) in [6.07, 6.45) is -2.96. The number of aromatic nitrogens is 1. The fraction of sp³-hybridized carbons (Fsp3) is 0.250. The molecule has 0 saturated heterocycles. The van der Waals surface area contributed by atoms with E-state index >= 15 is 0 Å². The molecule has 5 nitrogen and oxygen atoms in total. The molecule has 0 radical (unpaired) electrons. The van der Waals surface area contributed by atoms with Crippen LogP contribution in [0.2, 0.25) is 0 Å². The topological polar surface area (TPSA) is 54.6 Å². The van der Waals surface area contributed by atoms with E-state index in [4.69, 9.17) is 6.57 Å². The molecule has 0 aliphatic heterocycles. The van der Waals surface area contributed by atoms with Gasteiger partial charge in [0.1, 0.15) is 11.9 Å². The maximum atomic E-state index is 13.7. The zero-order valence-corrected chi connectivity index (χ0v) is 14.2. The zero-order chi connectivity index (χ0) is 19.5. The minimum Gasteiger partial charge on any atom is -0.275 e. The van der Waals surface area contributed by atoms with Crippen LogP contribution < -0.4 is 0 Å². The van der Waals surface area contributed by atoms with Crippen molar-refractivity contribution in [1.82, 2.24) is 9.29 Å². The van der Waals surface area contributed by atoms with E-state index in [1.807, 2.05) is 0 Å². The number of hydrogen-bond donors (Lipinski definition) is 0. The fourth-order valence-electron chi connectivity index (χ4n) is 2.40. The first kappa shape index (κ1) is 19.8. The number of pyridine rings is 1. The van der Waals surface area contributed by atoms with Crippen LogP contribution in [-0.2, 0) is 10.0 Å². The Hall–Kier alpha value is -2.51. The quantitative estimate of drug-likeness (QED) is 0.574. The van der Waals surface area contributed by atoms with Gasteiger partial charge in [0, 0.05) is 18.9 Å². The van der Waals surface area contributed by atoms with Crippen LogP contribution in [0.25, 0.3) is 4.85 Å². The van der Waals surface area contributed by atoms with Crippen LogP contribution in [-0.4, -0.2) is 30.4 Å². The molecule has 1 atom stereocenters. The third kappa shape index (κ3) is 4.00. The average molecular weight is 387 g/mol. The highest BCUT2D eigenvalue weighted by Crippen LogP contribution is 2.40. The SMILES string of the molecule is [C-]#[N+]c1cncc(S(=O)(=O)N(CC)C(c2ccc(F)cc2)C(F)(F)F)c1. The minimum absolute atomic E-state index is 0.118. The molecule has 0 N–H and O–H groups in total. The van der Waals surface area contributed by atoms with Crippen molar-refractivity contribution in [2.24, 2.45) is 0 Å². The van der Waals surface area contributed by atoms with E-state index in [-0.39, 0.29) is 9.99 Å². The number of halogens is 4. The second-order valence-electron chi connectivity index (χ2n) is 5.19. The van der Waals surface area contributed by atoms with Gasteiger partial charge < -0.3 is 0 Å². The monoisotopic (exact) mass is 387 g/mol. The van der Waals surface area contributed by atoms with Gasteiger partial charge in [0.25, 0.3) is 0 Å². The molecule has 0 fully saturated rings. The molecule has 1 heterocycles. The van der Waals surface area contributed by atoms with E-state index in [2.05, 4.69) is 9.83 Å².